The molecule has 0 saturated carbocycles. The highest BCUT2D eigenvalue weighted by Gasteiger charge is 2.04. The number of rotatable bonds is 32. The second kappa shape index (κ2) is 29.7. The van der Waals surface area contributed by atoms with E-state index in [0.29, 0.717) is 71.8 Å². The smallest absolute Gasteiger partial charge is 0.269 e. The van der Waals surface area contributed by atoms with E-state index in [4.69, 9.17) is 28.4 Å². The van der Waals surface area contributed by atoms with Crippen LogP contribution in [0.2, 0.25) is 0 Å². The molecule has 0 radical (unpaired) electrons. The van der Waals surface area contributed by atoms with Crippen LogP contribution < -0.4 is 4.74 Å². The van der Waals surface area contributed by atoms with Crippen molar-refractivity contribution in [3.63, 3.8) is 0 Å². The monoisotopic (exact) mass is 583 g/mol. The van der Waals surface area contributed by atoms with Gasteiger partial charge in [-0.1, -0.05) is 90.4 Å². The molecular formula is C32H57NO8. The van der Waals surface area contributed by atoms with Gasteiger partial charge in [0.25, 0.3) is 5.69 Å². The van der Waals surface area contributed by atoms with E-state index in [0.717, 1.165) is 13.0 Å². The van der Waals surface area contributed by atoms with Crippen molar-refractivity contribution >= 4 is 5.69 Å². The highest BCUT2D eigenvalue weighted by atomic mass is 16.6. The number of ether oxygens (including phenoxy) is 6. The van der Waals surface area contributed by atoms with Crippen LogP contribution >= 0.6 is 0 Å². The van der Waals surface area contributed by atoms with Crippen LogP contribution in [0.1, 0.15) is 96.8 Å². The molecule has 0 unspecified atom stereocenters. The molecule has 1 aromatic rings. The molecule has 0 atom stereocenters. The Hall–Kier alpha value is -1.78. The van der Waals surface area contributed by atoms with Gasteiger partial charge < -0.3 is 28.4 Å². The summed E-state index contributed by atoms with van der Waals surface area (Å²) >= 11 is 0. The van der Waals surface area contributed by atoms with Gasteiger partial charge in [0.2, 0.25) is 0 Å². The summed E-state index contributed by atoms with van der Waals surface area (Å²) in [7, 11) is 0. The lowest BCUT2D eigenvalue weighted by molar-refractivity contribution is -0.384. The van der Waals surface area contributed by atoms with Crippen LogP contribution in [-0.2, 0) is 23.7 Å². The van der Waals surface area contributed by atoms with Crippen molar-refractivity contribution in [2.45, 2.75) is 96.8 Å². The van der Waals surface area contributed by atoms with Crippen LogP contribution in [0.5, 0.6) is 5.75 Å². The number of nitro benzene ring substituents is 1. The summed E-state index contributed by atoms with van der Waals surface area (Å²) in [5.41, 5.74) is 0.0394. The molecule has 0 bridgehead atoms. The molecule has 0 heterocycles. The Kier molecular flexibility index (Phi) is 27.0. The molecule has 0 N–H and O–H groups in total. The number of benzene rings is 1. The lowest BCUT2D eigenvalue weighted by Crippen LogP contribution is -2.14. The maximum Gasteiger partial charge on any atom is 0.269 e. The van der Waals surface area contributed by atoms with Crippen molar-refractivity contribution in [2.24, 2.45) is 0 Å². The van der Waals surface area contributed by atoms with Gasteiger partial charge in [-0.15, -0.1) is 0 Å². The van der Waals surface area contributed by atoms with Gasteiger partial charge in [-0.05, 0) is 18.6 Å². The highest BCUT2D eigenvalue weighted by molar-refractivity contribution is 5.35. The first-order valence-corrected chi connectivity index (χ1v) is 16.0. The quantitative estimate of drug-likeness (QED) is 0.0487. The van der Waals surface area contributed by atoms with E-state index in [1.54, 1.807) is 12.1 Å². The molecule has 0 amide bonds. The maximum atomic E-state index is 10.6. The van der Waals surface area contributed by atoms with Crippen molar-refractivity contribution in [3.05, 3.63) is 34.4 Å². The second-order valence-corrected chi connectivity index (χ2v) is 10.3. The highest BCUT2D eigenvalue weighted by Crippen LogP contribution is 2.17. The molecule has 9 nitrogen and oxygen atoms in total. The van der Waals surface area contributed by atoms with Crippen LogP contribution in [0.3, 0.4) is 0 Å². The molecule has 41 heavy (non-hydrogen) atoms. The van der Waals surface area contributed by atoms with E-state index >= 15 is 0 Å². The summed E-state index contributed by atoms with van der Waals surface area (Å²) in [6.07, 6.45) is 19.2. The Morgan fingerprint density at radius 3 is 1.22 bits per heavy atom. The number of unbranched alkanes of at least 4 members (excludes halogenated alkanes) is 13. The number of nitro groups is 1. The molecular weight excluding hydrogens is 526 g/mol. The standard InChI is InChI=1S/C32H57NO8/c1-2-3-4-5-6-7-8-9-10-11-12-13-14-15-20-36-21-22-37-23-24-38-25-26-39-27-28-40-29-30-41-32-18-16-31(17-19-32)33(34)35/h16-19H,2-15,20-30H2,1H3. The molecule has 0 fully saturated rings. The summed E-state index contributed by atoms with van der Waals surface area (Å²) in [6.45, 7) is 8.19. The predicted octanol–water partition coefficient (Wildman–Crippen LogP) is 7.54. The first-order valence-electron chi connectivity index (χ1n) is 16.0. The molecule has 0 saturated heterocycles. The fourth-order valence-corrected chi connectivity index (χ4v) is 4.26. The Morgan fingerprint density at radius 2 is 0.829 bits per heavy atom. The van der Waals surface area contributed by atoms with Gasteiger partial charge in [-0.3, -0.25) is 10.1 Å². The first kappa shape index (κ1) is 37.2. The fourth-order valence-electron chi connectivity index (χ4n) is 4.26. The van der Waals surface area contributed by atoms with Gasteiger partial charge in [0.1, 0.15) is 12.4 Å². The van der Waals surface area contributed by atoms with Crippen molar-refractivity contribution in [1.82, 2.24) is 0 Å². The minimum atomic E-state index is -0.440. The van der Waals surface area contributed by atoms with E-state index in [1.807, 2.05) is 0 Å². The molecule has 0 aliphatic rings. The van der Waals surface area contributed by atoms with E-state index in [-0.39, 0.29) is 5.69 Å². The van der Waals surface area contributed by atoms with E-state index in [1.165, 1.54) is 95.6 Å². The zero-order valence-electron chi connectivity index (χ0n) is 25.7. The zero-order valence-corrected chi connectivity index (χ0v) is 25.7. The summed E-state index contributed by atoms with van der Waals surface area (Å²) in [5, 5.41) is 10.6. The van der Waals surface area contributed by atoms with E-state index < -0.39 is 4.92 Å². The van der Waals surface area contributed by atoms with Crippen molar-refractivity contribution in [3.8, 4) is 5.75 Å². The largest absolute Gasteiger partial charge is 0.491 e. The third-order valence-electron chi connectivity index (χ3n) is 6.67. The zero-order chi connectivity index (χ0) is 29.5. The number of non-ortho nitro benzene ring substituents is 1. The normalized spacial score (nSPS) is 11.2. The van der Waals surface area contributed by atoms with Crippen LogP contribution in [0, 0.1) is 10.1 Å². The van der Waals surface area contributed by atoms with Gasteiger partial charge in [0.05, 0.1) is 64.4 Å². The summed E-state index contributed by atoms with van der Waals surface area (Å²) in [6, 6.07) is 5.97. The number of nitrogens with zero attached hydrogens (tertiary/aromatic N) is 1. The molecule has 9 heteroatoms. The number of hydrogen-bond acceptors (Lipinski definition) is 8. The molecule has 1 aromatic carbocycles. The molecule has 1 rings (SSSR count). The second-order valence-electron chi connectivity index (χ2n) is 10.3. The topological polar surface area (TPSA) is 98.5 Å². The van der Waals surface area contributed by atoms with Crippen LogP contribution in [0.4, 0.5) is 5.69 Å². The van der Waals surface area contributed by atoms with Gasteiger partial charge in [0, 0.05) is 18.7 Å². The Labute approximate surface area is 248 Å². The minimum Gasteiger partial charge on any atom is -0.491 e. The van der Waals surface area contributed by atoms with Crippen LogP contribution in [-0.4, -0.2) is 77.6 Å². The molecule has 0 aliphatic carbocycles. The Bertz CT molecular complexity index is 689. The Morgan fingerprint density at radius 1 is 0.488 bits per heavy atom. The molecule has 0 spiro atoms. The average molecular weight is 584 g/mol. The van der Waals surface area contributed by atoms with Crippen molar-refractivity contribution in [1.29, 1.82) is 0 Å². The molecule has 238 valence electrons. The van der Waals surface area contributed by atoms with Crippen LogP contribution in [0.25, 0.3) is 0 Å². The van der Waals surface area contributed by atoms with Gasteiger partial charge in [-0.2, -0.15) is 0 Å². The molecule has 0 aromatic heterocycles. The summed E-state index contributed by atoms with van der Waals surface area (Å²) < 4.78 is 33.1. The van der Waals surface area contributed by atoms with E-state index in [2.05, 4.69) is 6.92 Å². The molecule has 0 aliphatic heterocycles. The van der Waals surface area contributed by atoms with Gasteiger partial charge >= 0.3 is 0 Å². The van der Waals surface area contributed by atoms with Gasteiger partial charge in [0.15, 0.2) is 0 Å². The predicted molar refractivity (Wildman–Crippen MR) is 163 cm³/mol. The van der Waals surface area contributed by atoms with Crippen molar-refractivity contribution < 1.29 is 33.3 Å². The SMILES string of the molecule is CCCCCCCCCCCCCCCCOCCOCCOCCOCCOCCOc1ccc([N+](=O)[O-])cc1. The maximum absolute atomic E-state index is 10.6. The van der Waals surface area contributed by atoms with Crippen molar-refractivity contribution in [2.75, 3.05) is 72.7 Å². The lowest BCUT2D eigenvalue weighted by atomic mass is 10.0. The number of hydrogen-bond donors (Lipinski definition) is 0. The fraction of sp³-hybridized carbons (Fsp3) is 0.812. The van der Waals surface area contributed by atoms with E-state index in [9.17, 15) is 10.1 Å². The Balaban J connectivity index is 1.67. The lowest BCUT2D eigenvalue weighted by Gasteiger charge is -2.09. The van der Waals surface area contributed by atoms with Gasteiger partial charge in [-0.25, -0.2) is 0 Å². The average Bonchev–Trinajstić information content (AvgIpc) is 2.98. The summed E-state index contributed by atoms with van der Waals surface area (Å²) in [4.78, 5) is 10.2. The van der Waals surface area contributed by atoms with Crippen LogP contribution in [0.15, 0.2) is 24.3 Å². The summed E-state index contributed by atoms with van der Waals surface area (Å²) in [5.74, 6) is 0.573. The third kappa shape index (κ3) is 25.6. The minimum absolute atomic E-state index is 0.0394. The third-order valence-corrected chi connectivity index (χ3v) is 6.67. The first-order chi connectivity index (χ1) is 20.2.